The minimum Gasteiger partial charge on any atom is -0.457 e. The van der Waals surface area contributed by atoms with E-state index < -0.39 is 18.2 Å². The Kier molecular flexibility index (Phi) is 4.96. The highest BCUT2D eigenvalue weighted by Crippen LogP contribution is 2.23. The second kappa shape index (κ2) is 7.71. The van der Waals surface area contributed by atoms with Crippen LogP contribution in [0, 0.1) is 5.82 Å². The standard InChI is InChI=1S/C17H15F3N6O2/c18-13-3-2-12(8-14(13)28-16(19)20)26-9-11(23-24-26)10-27-17-21-5-4-15(22-17)25-6-1-7-25/h2-5,8-9,16H,1,6-7,10H2. The van der Waals surface area contributed by atoms with Gasteiger partial charge in [-0.15, -0.1) is 5.10 Å². The number of nitrogens with zero attached hydrogens (tertiary/aromatic N) is 6. The van der Waals surface area contributed by atoms with E-state index in [1.807, 2.05) is 6.07 Å². The Bertz CT molecular complexity index is 964. The molecule has 0 unspecified atom stereocenters. The van der Waals surface area contributed by atoms with Crippen LogP contribution in [0.15, 0.2) is 36.7 Å². The number of rotatable bonds is 7. The van der Waals surface area contributed by atoms with Crippen LogP contribution in [0.3, 0.4) is 0 Å². The van der Waals surface area contributed by atoms with Crippen molar-refractivity contribution in [3.8, 4) is 17.4 Å². The molecule has 4 rings (SSSR count). The molecule has 0 aliphatic carbocycles. The van der Waals surface area contributed by atoms with Crippen molar-refractivity contribution >= 4 is 5.82 Å². The van der Waals surface area contributed by atoms with Gasteiger partial charge >= 0.3 is 12.6 Å². The van der Waals surface area contributed by atoms with Gasteiger partial charge in [-0.1, -0.05) is 5.21 Å². The maximum absolute atomic E-state index is 13.5. The number of hydrogen-bond acceptors (Lipinski definition) is 7. The third-order valence-corrected chi connectivity index (χ3v) is 4.08. The number of ether oxygens (including phenoxy) is 2. The van der Waals surface area contributed by atoms with Gasteiger partial charge in [0.2, 0.25) is 0 Å². The van der Waals surface area contributed by atoms with E-state index in [1.54, 1.807) is 6.20 Å². The summed E-state index contributed by atoms with van der Waals surface area (Å²) in [5.41, 5.74) is 0.769. The number of hydrogen-bond donors (Lipinski definition) is 0. The van der Waals surface area contributed by atoms with Crippen molar-refractivity contribution in [2.45, 2.75) is 19.6 Å². The van der Waals surface area contributed by atoms with Gasteiger partial charge in [0.15, 0.2) is 11.6 Å². The minimum absolute atomic E-state index is 0.0606. The fourth-order valence-corrected chi connectivity index (χ4v) is 2.57. The molecular weight excluding hydrogens is 377 g/mol. The first-order valence-corrected chi connectivity index (χ1v) is 8.45. The van der Waals surface area contributed by atoms with Gasteiger partial charge in [-0.05, 0) is 24.6 Å². The molecule has 1 aliphatic rings. The van der Waals surface area contributed by atoms with E-state index in [0.717, 1.165) is 37.5 Å². The average Bonchev–Trinajstić information content (AvgIpc) is 3.09. The molecule has 0 radical (unpaired) electrons. The quantitative estimate of drug-likeness (QED) is 0.612. The second-order valence-corrected chi connectivity index (χ2v) is 5.97. The van der Waals surface area contributed by atoms with E-state index in [-0.39, 0.29) is 12.6 Å². The molecule has 0 amide bonds. The smallest absolute Gasteiger partial charge is 0.387 e. The molecule has 8 nitrogen and oxygen atoms in total. The van der Waals surface area contributed by atoms with Crippen molar-refractivity contribution in [2.24, 2.45) is 0 Å². The molecule has 0 saturated carbocycles. The molecule has 3 heterocycles. The molecule has 3 aromatic rings. The van der Waals surface area contributed by atoms with Crippen LogP contribution >= 0.6 is 0 Å². The predicted octanol–water partition coefficient (Wildman–Crippen LogP) is 2.59. The number of benzene rings is 1. The van der Waals surface area contributed by atoms with Crippen LogP contribution in [-0.4, -0.2) is 44.7 Å². The van der Waals surface area contributed by atoms with Gasteiger partial charge in [0.25, 0.3) is 0 Å². The first kappa shape index (κ1) is 18.0. The van der Waals surface area contributed by atoms with Gasteiger partial charge in [0.1, 0.15) is 18.1 Å². The van der Waals surface area contributed by atoms with Gasteiger partial charge in [-0.3, -0.25) is 0 Å². The first-order valence-electron chi connectivity index (χ1n) is 8.45. The van der Waals surface area contributed by atoms with Crippen molar-refractivity contribution in [1.29, 1.82) is 0 Å². The lowest BCUT2D eigenvalue weighted by Gasteiger charge is -2.31. The molecule has 0 N–H and O–H groups in total. The van der Waals surface area contributed by atoms with Crippen molar-refractivity contribution in [3.05, 3.63) is 48.2 Å². The Hall–Kier alpha value is -3.37. The van der Waals surface area contributed by atoms with E-state index in [4.69, 9.17) is 4.74 Å². The summed E-state index contributed by atoms with van der Waals surface area (Å²) >= 11 is 0. The summed E-state index contributed by atoms with van der Waals surface area (Å²) in [6.07, 6.45) is 4.28. The van der Waals surface area contributed by atoms with Gasteiger partial charge in [0.05, 0.1) is 11.9 Å². The van der Waals surface area contributed by atoms with E-state index in [1.165, 1.54) is 16.9 Å². The summed E-state index contributed by atoms with van der Waals surface area (Å²) in [6, 6.07) is 5.52. The van der Waals surface area contributed by atoms with Crippen LogP contribution in [0.4, 0.5) is 19.0 Å². The number of halogens is 3. The van der Waals surface area contributed by atoms with Crippen LogP contribution in [0.2, 0.25) is 0 Å². The Morgan fingerprint density at radius 2 is 2.04 bits per heavy atom. The lowest BCUT2D eigenvalue weighted by Crippen LogP contribution is -2.37. The number of aromatic nitrogens is 5. The molecule has 146 valence electrons. The van der Waals surface area contributed by atoms with Gasteiger partial charge < -0.3 is 14.4 Å². The monoisotopic (exact) mass is 392 g/mol. The maximum Gasteiger partial charge on any atom is 0.387 e. The van der Waals surface area contributed by atoms with Gasteiger partial charge in [-0.2, -0.15) is 13.8 Å². The number of anilines is 1. The molecule has 11 heteroatoms. The molecule has 1 aliphatic heterocycles. The molecule has 0 atom stereocenters. The predicted molar refractivity (Wildman–Crippen MR) is 91.1 cm³/mol. The fraction of sp³-hybridized carbons (Fsp3) is 0.294. The maximum atomic E-state index is 13.5. The average molecular weight is 392 g/mol. The third-order valence-electron chi connectivity index (χ3n) is 4.08. The molecule has 1 saturated heterocycles. The molecular formula is C17H15F3N6O2. The van der Waals surface area contributed by atoms with Crippen LogP contribution < -0.4 is 14.4 Å². The van der Waals surface area contributed by atoms with Gasteiger partial charge in [-0.25, -0.2) is 14.1 Å². The Morgan fingerprint density at radius 1 is 1.18 bits per heavy atom. The highest BCUT2D eigenvalue weighted by molar-refractivity contribution is 5.41. The second-order valence-electron chi connectivity index (χ2n) is 5.97. The van der Waals surface area contributed by atoms with E-state index in [2.05, 4.69) is 29.9 Å². The summed E-state index contributed by atoms with van der Waals surface area (Å²) in [5, 5.41) is 7.83. The Morgan fingerprint density at radius 3 is 2.79 bits per heavy atom. The minimum atomic E-state index is -3.13. The molecule has 28 heavy (non-hydrogen) atoms. The lowest BCUT2D eigenvalue weighted by molar-refractivity contribution is -0.0521. The van der Waals surface area contributed by atoms with Crippen LogP contribution in [0.5, 0.6) is 11.8 Å². The van der Waals surface area contributed by atoms with Crippen LogP contribution in [0.1, 0.15) is 12.1 Å². The van der Waals surface area contributed by atoms with Crippen LogP contribution in [0.25, 0.3) is 5.69 Å². The summed E-state index contributed by atoms with van der Waals surface area (Å²) in [4.78, 5) is 10.5. The summed E-state index contributed by atoms with van der Waals surface area (Å²) in [6.45, 7) is -1.15. The number of alkyl halides is 2. The first-order chi connectivity index (χ1) is 13.6. The van der Waals surface area contributed by atoms with Crippen molar-refractivity contribution in [2.75, 3.05) is 18.0 Å². The SMILES string of the molecule is Fc1ccc(-n2cc(COc3nccc(N4CCC4)n3)nn2)cc1OC(F)F. The molecule has 0 bridgehead atoms. The summed E-state index contributed by atoms with van der Waals surface area (Å²) < 4.78 is 49.2. The normalized spacial score (nSPS) is 13.5. The Labute approximate surface area is 157 Å². The van der Waals surface area contributed by atoms with Crippen molar-refractivity contribution < 1.29 is 22.6 Å². The molecule has 2 aromatic heterocycles. The third kappa shape index (κ3) is 3.97. The van der Waals surface area contributed by atoms with E-state index in [9.17, 15) is 13.2 Å². The summed E-state index contributed by atoms with van der Waals surface area (Å²) in [5.74, 6) is -0.665. The topological polar surface area (TPSA) is 78.2 Å². The molecule has 1 aromatic carbocycles. The zero-order chi connectivity index (χ0) is 19.5. The zero-order valence-electron chi connectivity index (χ0n) is 14.5. The van der Waals surface area contributed by atoms with Crippen molar-refractivity contribution in [3.63, 3.8) is 0 Å². The highest BCUT2D eigenvalue weighted by atomic mass is 19.3. The van der Waals surface area contributed by atoms with E-state index >= 15 is 0 Å². The van der Waals surface area contributed by atoms with Crippen molar-refractivity contribution in [1.82, 2.24) is 25.0 Å². The lowest BCUT2D eigenvalue weighted by atomic mass is 10.2. The Balaban J connectivity index is 1.43. The molecule has 1 fully saturated rings. The largest absolute Gasteiger partial charge is 0.457 e. The fourth-order valence-electron chi connectivity index (χ4n) is 2.57. The highest BCUT2D eigenvalue weighted by Gasteiger charge is 2.17. The van der Waals surface area contributed by atoms with Crippen LogP contribution in [-0.2, 0) is 6.61 Å². The van der Waals surface area contributed by atoms with Gasteiger partial charge in [0, 0.05) is 25.4 Å². The summed E-state index contributed by atoms with van der Waals surface area (Å²) in [7, 11) is 0. The molecule has 0 spiro atoms. The zero-order valence-corrected chi connectivity index (χ0v) is 14.5. The van der Waals surface area contributed by atoms with E-state index in [0.29, 0.717) is 11.4 Å².